The van der Waals surface area contributed by atoms with Crippen molar-refractivity contribution in [2.75, 3.05) is 4.90 Å². The molecule has 254 valence electrons. The maximum Gasteiger partial charge on any atom is 0.137 e. The number of anilines is 3. The Labute approximate surface area is 314 Å². The largest absolute Gasteiger partial charge is 0.456 e. The third kappa shape index (κ3) is 5.53. The number of nitrogens with zero attached hydrogens (tertiary/aromatic N) is 1. The average Bonchev–Trinajstić information content (AvgIpc) is 3.62. The zero-order valence-corrected chi connectivity index (χ0v) is 29.6. The van der Waals surface area contributed by atoms with Gasteiger partial charge in [-0.2, -0.15) is 0 Å². The van der Waals surface area contributed by atoms with Crippen LogP contribution in [-0.4, -0.2) is 0 Å². The Morgan fingerprint density at radius 2 is 0.833 bits per heavy atom. The highest BCUT2D eigenvalue weighted by Gasteiger charge is 2.22. The number of furan rings is 1. The molecule has 0 aliphatic heterocycles. The van der Waals surface area contributed by atoms with Crippen molar-refractivity contribution in [3.05, 3.63) is 212 Å². The molecule has 2 heteroatoms. The van der Waals surface area contributed by atoms with E-state index in [2.05, 4.69) is 205 Å². The topological polar surface area (TPSA) is 16.4 Å². The molecule has 10 rings (SSSR count). The van der Waals surface area contributed by atoms with Gasteiger partial charge in [-0.25, -0.2) is 0 Å². The van der Waals surface area contributed by atoms with Crippen molar-refractivity contribution in [3.8, 4) is 44.5 Å². The molecule has 0 atom stereocenters. The van der Waals surface area contributed by atoms with Gasteiger partial charge >= 0.3 is 0 Å². The van der Waals surface area contributed by atoms with Crippen molar-refractivity contribution in [3.63, 3.8) is 0 Å². The molecule has 10 aromatic rings. The van der Waals surface area contributed by atoms with E-state index < -0.39 is 0 Å². The Morgan fingerprint density at radius 3 is 1.67 bits per heavy atom. The zero-order valence-electron chi connectivity index (χ0n) is 29.6. The first-order valence-corrected chi connectivity index (χ1v) is 18.4. The lowest BCUT2D eigenvalue weighted by molar-refractivity contribution is 0.669. The van der Waals surface area contributed by atoms with E-state index in [1.165, 1.54) is 38.6 Å². The first kappa shape index (κ1) is 31.6. The maximum atomic E-state index is 6.48. The fourth-order valence-corrected chi connectivity index (χ4v) is 8.01. The predicted molar refractivity (Wildman–Crippen MR) is 228 cm³/mol. The summed E-state index contributed by atoms with van der Waals surface area (Å²) in [6, 6.07) is 75.9. The van der Waals surface area contributed by atoms with E-state index in [4.69, 9.17) is 4.42 Å². The summed E-state index contributed by atoms with van der Waals surface area (Å²) in [7, 11) is 0. The van der Waals surface area contributed by atoms with Gasteiger partial charge in [0.05, 0.1) is 5.69 Å². The second-order valence-electron chi connectivity index (χ2n) is 13.7. The Balaban J connectivity index is 1.20. The highest BCUT2D eigenvalue weighted by atomic mass is 16.3. The Morgan fingerprint density at radius 1 is 0.296 bits per heavy atom. The predicted octanol–water partition coefficient (Wildman–Crippen LogP) is 14.9. The summed E-state index contributed by atoms with van der Waals surface area (Å²) in [5, 5.41) is 4.69. The van der Waals surface area contributed by atoms with Gasteiger partial charge in [0.15, 0.2) is 0 Å². The molecule has 0 unspecified atom stereocenters. The zero-order chi connectivity index (χ0) is 35.8. The van der Waals surface area contributed by atoms with Gasteiger partial charge in [0, 0.05) is 33.8 Å². The first-order chi connectivity index (χ1) is 26.8. The molecule has 0 saturated carbocycles. The van der Waals surface area contributed by atoms with Gasteiger partial charge in [-0.1, -0.05) is 170 Å². The van der Waals surface area contributed by atoms with E-state index in [1.807, 2.05) is 12.1 Å². The molecule has 0 aliphatic rings. The third-order valence-electron chi connectivity index (χ3n) is 10.5. The summed E-state index contributed by atoms with van der Waals surface area (Å²) in [6.07, 6.45) is 0. The minimum Gasteiger partial charge on any atom is -0.456 e. The SMILES string of the molecule is c1ccc(-c2ccccc2-c2ccccc2-c2ccccc2N(c2cccc(-c3cccc4ccccc34)c2)c2ccc3c(c2)oc2ccccc23)cc1. The van der Waals surface area contributed by atoms with Gasteiger partial charge in [-0.15, -0.1) is 0 Å². The van der Waals surface area contributed by atoms with Crippen molar-refractivity contribution in [2.45, 2.75) is 0 Å². The van der Waals surface area contributed by atoms with Gasteiger partial charge in [0.1, 0.15) is 11.2 Å². The van der Waals surface area contributed by atoms with E-state index in [-0.39, 0.29) is 0 Å². The van der Waals surface area contributed by atoms with Crippen molar-refractivity contribution in [1.29, 1.82) is 0 Å². The quantitative estimate of drug-likeness (QED) is 0.166. The third-order valence-corrected chi connectivity index (χ3v) is 10.5. The van der Waals surface area contributed by atoms with Crippen LogP contribution >= 0.6 is 0 Å². The maximum absolute atomic E-state index is 6.48. The summed E-state index contributed by atoms with van der Waals surface area (Å²) in [4.78, 5) is 2.39. The summed E-state index contributed by atoms with van der Waals surface area (Å²) in [5.41, 5.74) is 14.4. The monoisotopic (exact) mass is 689 g/mol. The molecule has 2 nitrogen and oxygen atoms in total. The normalized spacial score (nSPS) is 11.3. The molecular weight excluding hydrogens is 655 g/mol. The van der Waals surface area contributed by atoms with E-state index >= 15 is 0 Å². The van der Waals surface area contributed by atoms with Crippen LogP contribution in [0.4, 0.5) is 17.1 Å². The Bertz CT molecular complexity index is 2950. The summed E-state index contributed by atoms with van der Waals surface area (Å²) >= 11 is 0. The van der Waals surface area contributed by atoms with Gasteiger partial charge < -0.3 is 9.32 Å². The van der Waals surface area contributed by atoms with Crippen LogP contribution in [0.25, 0.3) is 77.2 Å². The molecule has 0 N–H and O–H groups in total. The molecule has 0 spiro atoms. The average molecular weight is 690 g/mol. The number of hydrogen-bond acceptors (Lipinski definition) is 2. The number of benzene rings is 9. The minimum atomic E-state index is 0.860. The van der Waals surface area contributed by atoms with Crippen LogP contribution in [0, 0.1) is 0 Å². The lowest BCUT2D eigenvalue weighted by atomic mass is 9.88. The number of para-hydroxylation sites is 2. The molecular formula is C52H35NO. The van der Waals surface area contributed by atoms with Crippen LogP contribution in [-0.2, 0) is 0 Å². The van der Waals surface area contributed by atoms with E-state index in [0.717, 1.165) is 55.7 Å². The van der Waals surface area contributed by atoms with E-state index in [0.29, 0.717) is 0 Å². The van der Waals surface area contributed by atoms with Crippen molar-refractivity contribution >= 4 is 49.8 Å². The summed E-state index contributed by atoms with van der Waals surface area (Å²) in [6.45, 7) is 0. The fourth-order valence-electron chi connectivity index (χ4n) is 8.01. The summed E-state index contributed by atoms with van der Waals surface area (Å²) < 4.78 is 6.48. The van der Waals surface area contributed by atoms with Gasteiger partial charge in [0.25, 0.3) is 0 Å². The van der Waals surface area contributed by atoms with Crippen molar-refractivity contribution in [2.24, 2.45) is 0 Å². The highest BCUT2D eigenvalue weighted by Crippen LogP contribution is 2.46. The van der Waals surface area contributed by atoms with Crippen LogP contribution in [0.2, 0.25) is 0 Å². The van der Waals surface area contributed by atoms with Gasteiger partial charge in [-0.3, -0.25) is 0 Å². The van der Waals surface area contributed by atoms with Crippen LogP contribution in [0.5, 0.6) is 0 Å². The van der Waals surface area contributed by atoms with Crippen molar-refractivity contribution < 1.29 is 4.42 Å². The standard InChI is InChI=1S/C52H35NO/c1-2-16-36(17-3-1)42-23-6-7-24-44(42)45-25-8-9-26-46(45)47-27-10-12-30-50(47)53(40-32-33-49-48-28-11-13-31-51(48)54-52(49)35-40)39-21-14-20-38(34-39)43-29-15-19-37-18-4-5-22-41(37)43/h1-35H. The molecule has 0 amide bonds. The second-order valence-corrected chi connectivity index (χ2v) is 13.7. The lowest BCUT2D eigenvalue weighted by Crippen LogP contribution is -2.11. The van der Waals surface area contributed by atoms with E-state index in [1.54, 1.807) is 0 Å². The molecule has 0 aliphatic carbocycles. The van der Waals surface area contributed by atoms with Crippen LogP contribution < -0.4 is 4.90 Å². The molecule has 0 bridgehead atoms. The Hall–Kier alpha value is -7.16. The van der Waals surface area contributed by atoms with Gasteiger partial charge in [0.2, 0.25) is 0 Å². The van der Waals surface area contributed by atoms with Crippen LogP contribution in [0.15, 0.2) is 217 Å². The second kappa shape index (κ2) is 13.4. The number of rotatable bonds is 7. The molecule has 54 heavy (non-hydrogen) atoms. The minimum absolute atomic E-state index is 0.860. The lowest BCUT2D eigenvalue weighted by Gasteiger charge is -2.29. The van der Waals surface area contributed by atoms with E-state index in [9.17, 15) is 0 Å². The van der Waals surface area contributed by atoms with Crippen LogP contribution in [0.1, 0.15) is 0 Å². The number of hydrogen-bond donors (Lipinski definition) is 0. The molecule has 0 saturated heterocycles. The fraction of sp³-hybridized carbons (Fsp3) is 0. The molecule has 1 aromatic heterocycles. The molecule has 9 aromatic carbocycles. The highest BCUT2D eigenvalue weighted by molar-refractivity contribution is 6.07. The molecule has 0 radical (unpaired) electrons. The van der Waals surface area contributed by atoms with Crippen molar-refractivity contribution in [1.82, 2.24) is 0 Å². The molecule has 1 heterocycles. The first-order valence-electron chi connectivity index (χ1n) is 18.4. The smallest absolute Gasteiger partial charge is 0.137 e. The Kier molecular flexibility index (Phi) is 7.85. The summed E-state index contributed by atoms with van der Waals surface area (Å²) in [5.74, 6) is 0. The number of fused-ring (bicyclic) bond motifs is 4. The molecule has 0 fully saturated rings. The van der Waals surface area contributed by atoms with Crippen LogP contribution in [0.3, 0.4) is 0 Å². The van der Waals surface area contributed by atoms with Gasteiger partial charge in [-0.05, 0) is 86.1 Å².